The Morgan fingerprint density at radius 2 is 1.92 bits per heavy atom. The molecule has 1 amide bonds. The third-order valence-electron chi connectivity index (χ3n) is 3.30. The number of amides is 1. The van der Waals surface area contributed by atoms with Crippen LogP contribution in [0.3, 0.4) is 0 Å². The van der Waals surface area contributed by atoms with Crippen LogP contribution in [0.5, 0.6) is 5.75 Å². The Bertz CT molecular complexity index is 814. The largest absolute Gasteiger partial charge is 0.482 e. The molecule has 1 N–H and O–H groups in total. The van der Waals surface area contributed by atoms with E-state index in [1.54, 1.807) is 24.3 Å². The zero-order chi connectivity index (χ0) is 19.1. The fourth-order valence-corrected chi connectivity index (χ4v) is 2.06. The van der Waals surface area contributed by atoms with E-state index in [1.165, 1.54) is 13.0 Å². The number of halogens is 1. The first-order chi connectivity index (χ1) is 12.3. The first-order valence-electron chi connectivity index (χ1n) is 7.76. The maximum atomic E-state index is 11.9. The number of Topliss-reactive ketones (excluding diaryl/α,β-unsaturated/α-hetero) is 1. The van der Waals surface area contributed by atoms with E-state index in [1.807, 2.05) is 6.92 Å². The molecule has 138 valence electrons. The summed E-state index contributed by atoms with van der Waals surface area (Å²) in [7, 11) is 0. The van der Waals surface area contributed by atoms with Crippen LogP contribution < -0.4 is 10.1 Å². The van der Waals surface area contributed by atoms with E-state index in [0.717, 1.165) is 5.56 Å². The van der Waals surface area contributed by atoms with Crippen molar-refractivity contribution in [1.82, 2.24) is 5.32 Å². The predicted octanol–water partition coefficient (Wildman–Crippen LogP) is 2.68. The summed E-state index contributed by atoms with van der Waals surface area (Å²) in [6, 6.07) is 8.02. The van der Waals surface area contributed by atoms with Gasteiger partial charge in [-0.2, -0.15) is 0 Å². The number of hydrogen-bond acceptors (Lipinski definition) is 6. The number of rotatable bonds is 8. The molecule has 0 aliphatic heterocycles. The molecule has 7 nitrogen and oxygen atoms in total. The van der Waals surface area contributed by atoms with E-state index in [0.29, 0.717) is 16.5 Å². The van der Waals surface area contributed by atoms with Gasteiger partial charge in [0.05, 0.1) is 6.54 Å². The number of ketones is 1. The summed E-state index contributed by atoms with van der Waals surface area (Å²) in [4.78, 5) is 34.5. The van der Waals surface area contributed by atoms with Crippen molar-refractivity contribution >= 4 is 29.3 Å². The Hall–Kier alpha value is -2.80. The van der Waals surface area contributed by atoms with Gasteiger partial charge in [-0.15, -0.1) is 0 Å². The molecule has 0 bridgehead atoms. The minimum absolute atomic E-state index is 0.0485. The van der Waals surface area contributed by atoms with Gasteiger partial charge in [0.15, 0.2) is 19.0 Å². The number of aryl methyl sites for hydroxylation is 1. The van der Waals surface area contributed by atoms with Gasteiger partial charge in [-0.1, -0.05) is 11.6 Å². The van der Waals surface area contributed by atoms with Crippen LogP contribution in [0, 0.1) is 6.92 Å². The highest BCUT2D eigenvalue weighted by Gasteiger charge is 2.14. The Kier molecular flexibility index (Phi) is 6.80. The van der Waals surface area contributed by atoms with Crippen molar-refractivity contribution in [2.75, 3.05) is 13.2 Å². The predicted molar refractivity (Wildman–Crippen MR) is 93.2 cm³/mol. The fraction of sp³-hybridized carbons (Fsp3) is 0.278. The van der Waals surface area contributed by atoms with Gasteiger partial charge in [-0.05, 0) is 42.8 Å². The molecule has 1 aromatic carbocycles. The molecule has 0 fully saturated rings. The molecule has 0 saturated carbocycles. The number of ether oxygens (including phenoxy) is 2. The second-order valence-electron chi connectivity index (χ2n) is 5.46. The Balaban J connectivity index is 1.76. The SMILES string of the molecule is CC(=O)NCc1ccc(C(=O)COC(=O)COc2ccc(Cl)c(C)c2)o1. The van der Waals surface area contributed by atoms with E-state index in [9.17, 15) is 14.4 Å². The summed E-state index contributed by atoms with van der Waals surface area (Å²) < 4.78 is 15.4. The summed E-state index contributed by atoms with van der Waals surface area (Å²) in [5.74, 6) is -0.433. The zero-order valence-corrected chi connectivity index (χ0v) is 15.1. The quantitative estimate of drug-likeness (QED) is 0.559. The molecule has 0 saturated heterocycles. The van der Waals surface area contributed by atoms with E-state index in [4.69, 9.17) is 25.5 Å². The van der Waals surface area contributed by atoms with Crippen LogP contribution in [0.4, 0.5) is 0 Å². The van der Waals surface area contributed by atoms with Crippen LogP contribution in [-0.4, -0.2) is 30.9 Å². The fourth-order valence-electron chi connectivity index (χ4n) is 1.94. The third kappa shape index (κ3) is 5.93. The van der Waals surface area contributed by atoms with Crippen LogP contribution in [0.15, 0.2) is 34.7 Å². The minimum Gasteiger partial charge on any atom is -0.482 e. The molecule has 2 rings (SSSR count). The average molecular weight is 380 g/mol. The smallest absolute Gasteiger partial charge is 0.344 e. The van der Waals surface area contributed by atoms with Gasteiger partial charge in [0.1, 0.15) is 11.5 Å². The molecule has 8 heteroatoms. The number of furan rings is 1. The van der Waals surface area contributed by atoms with E-state index >= 15 is 0 Å². The van der Waals surface area contributed by atoms with Gasteiger partial charge in [0, 0.05) is 11.9 Å². The molecule has 1 heterocycles. The van der Waals surface area contributed by atoms with Gasteiger partial charge >= 0.3 is 5.97 Å². The Morgan fingerprint density at radius 1 is 1.15 bits per heavy atom. The van der Waals surface area contributed by atoms with E-state index in [2.05, 4.69) is 5.32 Å². The van der Waals surface area contributed by atoms with Gasteiger partial charge in [-0.3, -0.25) is 9.59 Å². The normalized spacial score (nSPS) is 10.3. The van der Waals surface area contributed by atoms with Gasteiger partial charge in [-0.25, -0.2) is 4.79 Å². The second kappa shape index (κ2) is 9.05. The zero-order valence-electron chi connectivity index (χ0n) is 14.3. The minimum atomic E-state index is -0.684. The third-order valence-corrected chi connectivity index (χ3v) is 3.72. The molecule has 0 radical (unpaired) electrons. The number of esters is 1. The summed E-state index contributed by atoms with van der Waals surface area (Å²) in [6.07, 6.45) is 0. The second-order valence-corrected chi connectivity index (χ2v) is 5.87. The molecule has 0 aliphatic carbocycles. The van der Waals surface area contributed by atoms with Gasteiger partial charge < -0.3 is 19.2 Å². The Morgan fingerprint density at radius 3 is 2.62 bits per heavy atom. The van der Waals surface area contributed by atoms with Gasteiger partial charge in [0.25, 0.3) is 0 Å². The summed E-state index contributed by atoms with van der Waals surface area (Å²) in [5.41, 5.74) is 0.820. The molecule has 2 aromatic rings. The number of hydrogen-bond donors (Lipinski definition) is 1. The first kappa shape index (κ1) is 19.5. The molecular weight excluding hydrogens is 362 g/mol. The first-order valence-corrected chi connectivity index (χ1v) is 8.14. The molecule has 0 unspecified atom stereocenters. The molecule has 0 aliphatic rings. The van der Waals surface area contributed by atoms with Crippen LogP contribution >= 0.6 is 11.6 Å². The molecular formula is C18H18ClNO6. The lowest BCUT2D eigenvalue weighted by Gasteiger charge is -2.07. The molecule has 26 heavy (non-hydrogen) atoms. The summed E-state index contributed by atoms with van der Waals surface area (Å²) >= 11 is 5.91. The van der Waals surface area contributed by atoms with Gasteiger partial charge in [0.2, 0.25) is 11.7 Å². The molecule has 0 spiro atoms. The molecule has 0 atom stereocenters. The van der Waals surface area contributed by atoms with Crippen LogP contribution in [0.1, 0.15) is 28.8 Å². The number of carbonyl (C=O) groups excluding carboxylic acids is 3. The van der Waals surface area contributed by atoms with E-state index in [-0.39, 0.29) is 24.8 Å². The maximum Gasteiger partial charge on any atom is 0.344 e. The van der Waals surface area contributed by atoms with Crippen molar-refractivity contribution in [1.29, 1.82) is 0 Å². The van der Waals surface area contributed by atoms with Crippen LogP contribution in [0.25, 0.3) is 0 Å². The van der Waals surface area contributed by atoms with Crippen molar-refractivity contribution in [3.05, 3.63) is 52.4 Å². The average Bonchev–Trinajstić information content (AvgIpc) is 3.08. The highest BCUT2D eigenvalue weighted by molar-refractivity contribution is 6.31. The monoisotopic (exact) mass is 379 g/mol. The van der Waals surface area contributed by atoms with Crippen molar-refractivity contribution in [3.63, 3.8) is 0 Å². The highest BCUT2D eigenvalue weighted by Crippen LogP contribution is 2.20. The van der Waals surface area contributed by atoms with Crippen molar-refractivity contribution in [2.45, 2.75) is 20.4 Å². The maximum absolute atomic E-state index is 11.9. The van der Waals surface area contributed by atoms with Crippen molar-refractivity contribution < 1.29 is 28.3 Å². The Labute approximate surface area is 155 Å². The summed E-state index contributed by atoms with van der Waals surface area (Å²) in [5, 5.41) is 3.15. The summed E-state index contributed by atoms with van der Waals surface area (Å²) in [6.45, 7) is 2.57. The van der Waals surface area contributed by atoms with Crippen molar-refractivity contribution in [3.8, 4) is 5.75 Å². The molecule has 1 aromatic heterocycles. The highest BCUT2D eigenvalue weighted by atomic mass is 35.5. The van der Waals surface area contributed by atoms with E-state index < -0.39 is 18.4 Å². The van der Waals surface area contributed by atoms with Crippen LogP contribution in [0.2, 0.25) is 5.02 Å². The van der Waals surface area contributed by atoms with Crippen molar-refractivity contribution in [2.24, 2.45) is 0 Å². The topological polar surface area (TPSA) is 94.8 Å². The lowest BCUT2D eigenvalue weighted by Crippen LogP contribution is -2.19. The standard InChI is InChI=1S/C18H18ClNO6/c1-11-7-13(3-5-15(11)19)24-10-18(23)25-9-16(22)17-6-4-14(26-17)8-20-12(2)21/h3-7H,8-10H2,1-2H3,(H,20,21). The lowest BCUT2D eigenvalue weighted by atomic mass is 10.2. The number of benzene rings is 1. The van der Waals surface area contributed by atoms with Crippen LogP contribution in [-0.2, 0) is 20.9 Å². The number of nitrogens with one attached hydrogen (secondary N) is 1. The number of carbonyl (C=O) groups is 3. The lowest BCUT2D eigenvalue weighted by molar-refractivity contribution is -0.144.